The molecule has 7 nitrogen and oxygen atoms in total. The first-order valence-corrected chi connectivity index (χ1v) is 10.4. The van der Waals surface area contributed by atoms with Crippen molar-refractivity contribution in [3.8, 4) is 17.2 Å². The number of nitrogens with zero attached hydrogens (tertiary/aromatic N) is 1. The molecule has 0 unspecified atom stereocenters. The van der Waals surface area contributed by atoms with Crippen molar-refractivity contribution >= 4 is 11.8 Å². The number of likely N-dealkylation sites (tertiary alicyclic amines) is 1. The summed E-state index contributed by atoms with van der Waals surface area (Å²) in [5.74, 6) is 1.42. The van der Waals surface area contributed by atoms with Crippen LogP contribution in [0.4, 0.5) is 0 Å². The van der Waals surface area contributed by atoms with Crippen LogP contribution in [0.2, 0.25) is 0 Å². The topological polar surface area (TPSA) is 77.1 Å². The average Bonchev–Trinajstić information content (AvgIpc) is 2.79. The molecule has 1 heterocycles. The standard InChI is InChI=1S/C24H30N2O5/c1-16-7-5-8-19(17(16)2)31-15-22(27)25-18-11-13-26(14-12-18)24(28)23-20(29-3)9-6-10-21(23)30-4/h5-10,18H,11-15H2,1-4H3,(H,25,27). The maximum Gasteiger partial charge on any atom is 0.261 e. The molecule has 1 fully saturated rings. The molecule has 2 aromatic carbocycles. The fourth-order valence-electron chi connectivity index (χ4n) is 3.74. The molecule has 0 saturated carbocycles. The third-order valence-electron chi connectivity index (χ3n) is 5.70. The average molecular weight is 427 g/mol. The molecule has 3 rings (SSSR count). The first kappa shape index (κ1) is 22.5. The molecule has 0 bridgehead atoms. The van der Waals surface area contributed by atoms with Gasteiger partial charge in [0.1, 0.15) is 22.8 Å². The van der Waals surface area contributed by atoms with Crippen molar-refractivity contribution in [1.29, 1.82) is 0 Å². The highest BCUT2D eigenvalue weighted by atomic mass is 16.5. The van der Waals surface area contributed by atoms with Gasteiger partial charge in [-0.1, -0.05) is 18.2 Å². The smallest absolute Gasteiger partial charge is 0.261 e. The molecule has 1 saturated heterocycles. The van der Waals surface area contributed by atoms with Crippen molar-refractivity contribution in [3.05, 3.63) is 53.1 Å². The molecule has 1 aliphatic heterocycles. The number of carbonyl (C=O) groups excluding carboxylic acids is 2. The molecule has 0 aliphatic carbocycles. The number of nitrogens with one attached hydrogen (secondary N) is 1. The number of carbonyl (C=O) groups is 2. The molecule has 166 valence electrons. The predicted octanol–water partition coefficient (Wildman–Crippen LogP) is 3.12. The van der Waals surface area contributed by atoms with Crippen LogP contribution in [-0.4, -0.2) is 56.7 Å². The van der Waals surface area contributed by atoms with Crippen molar-refractivity contribution in [2.24, 2.45) is 0 Å². The fourth-order valence-corrected chi connectivity index (χ4v) is 3.74. The van der Waals surface area contributed by atoms with Crippen LogP contribution in [0.1, 0.15) is 34.3 Å². The van der Waals surface area contributed by atoms with Gasteiger partial charge in [0.2, 0.25) is 0 Å². The van der Waals surface area contributed by atoms with E-state index in [1.54, 1.807) is 23.1 Å². The SMILES string of the molecule is COc1cccc(OC)c1C(=O)N1CCC(NC(=O)COc2cccc(C)c2C)CC1. The zero-order valence-corrected chi connectivity index (χ0v) is 18.6. The van der Waals surface area contributed by atoms with Crippen molar-refractivity contribution in [2.75, 3.05) is 33.9 Å². The first-order chi connectivity index (χ1) is 14.9. The Balaban J connectivity index is 1.52. The van der Waals surface area contributed by atoms with Crippen molar-refractivity contribution < 1.29 is 23.8 Å². The lowest BCUT2D eigenvalue weighted by Gasteiger charge is -2.33. The number of methoxy groups -OCH3 is 2. The van der Waals surface area contributed by atoms with Gasteiger partial charge in [-0.15, -0.1) is 0 Å². The summed E-state index contributed by atoms with van der Waals surface area (Å²) in [5, 5.41) is 3.02. The fraction of sp³-hybridized carbons (Fsp3) is 0.417. The van der Waals surface area contributed by atoms with Crippen LogP contribution in [0.25, 0.3) is 0 Å². The number of hydrogen-bond acceptors (Lipinski definition) is 5. The summed E-state index contributed by atoms with van der Waals surface area (Å²) < 4.78 is 16.4. The van der Waals surface area contributed by atoms with E-state index in [2.05, 4.69) is 5.32 Å². The second-order valence-electron chi connectivity index (χ2n) is 7.66. The Hall–Kier alpha value is -3.22. The molecule has 0 spiro atoms. The number of ether oxygens (including phenoxy) is 3. The van der Waals surface area contributed by atoms with E-state index in [-0.39, 0.29) is 24.5 Å². The zero-order valence-electron chi connectivity index (χ0n) is 18.6. The van der Waals surface area contributed by atoms with Crippen molar-refractivity contribution in [2.45, 2.75) is 32.7 Å². The van der Waals surface area contributed by atoms with Gasteiger partial charge in [-0.2, -0.15) is 0 Å². The van der Waals surface area contributed by atoms with Gasteiger partial charge in [0, 0.05) is 19.1 Å². The van der Waals surface area contributed by atoms with Crippen LogP contribution in [0.15, 0.2) is 36.4 Å². The van der Waals surface area contributed by atoms with Crippen LogP contribution in [-0.2, 0) is 4.79 Å². The molecule has 1 aliphatic rings. The van der Waals surface area contributed by atoms with Gasteiger partial charge in [-0.3, -0.25) is 9.59 Å². The number of hydrogen-bond donors (Lipinski definition) is 1. The van der Waals surface area contributed by atoms with E-state index in [1.165, 1.54) is 14.2 Å². The van der Waals surface area contributed by atoms with Gasteiger partial charge in [-0.05, 0) is 56.0 Å². The van der Waals surface area contributed by atoms with Crippen molar-refractivity contribution in [1.82, 2.24) is 10.2 Å². The number of aryl methyl sites for hydroxylation is 1. The normalized spacial score (nSPS) is 14.1. The minimum atomic E-state index is -0.155. The van der Waals surface area contributed by atoms with E-state index >= 15 is 0 Å². The van der Waals surface area contributed by atoms with E-state index in [1.807, 2.05) is 32.0 Å². The van der Waals surface area contributed by atoms with Gasteiger partial charge in [0.25, 0.3) is 11.8 Å². The molecule has 2 amide bonds. The predicted molar refractivity (Wildman–Crippen MR) is 118 cm³/mol. The minimum Gasteiger partial charge on any atom is -0.496 e. The van der Waals surface area contributed by atoms with Gasteiger partial charge < -0.3 is 24.4 Å². The van der Waals surface area contributed by atoms with Gasteiger partial charge >= 0.3 is 0 Å². The van der Waals surface area contributed by atoms with E-state index in [9.17, 15) is 9.59 Å². The lowest BCUT2D eigenvalue weighted by molar-refractivity contribution is -0.124. The molecule has 0 atom stereocenters. The van der Waals surface area contributed by atoms with E-state index in [4.69, 9.17) is 14.2 Å². The van der Waals surface area contributed by atoms with Crippen LogP contribution in [0, 0.1) is 13.8 Å². The molecule has 1 N–H and O–H groups in total. The maximum absolute atomic E-state index is 13.1. The van der Waals surface area contributed by atoms with Gasteiger partial charge in [0.15, 0.2) is 6.61 Å². The second-order valence-corrected chi connectivity index (χ2v) is 7.66. The summed E-state index contributed by atoms with van der Waals surface area (Å²) >= 11 is 0. The summed E-state index contributed by atoms with van der Waals surface area (Å²) in [6.07, 6.45) is 1.36. The summed E-state index contributed by atoms with van der Waals surface area (Å²) in [4.78, 5) is 27.2. The number of piperidine rings is 1. The monoisotopic (exact) mass is 426 g/mol. The molecule has 0 radical (unpaired) electrons. The Morgan fingerprint density at radius 3 is 2.16 bits per heavy atom. The quantitative estimate of drug-likeness (QED) is 0.736. The zero-order chi connectivity index (χ0) is 22.4. The Morgan fingerprint density at radius 2 is 1.55 bits per heavy atom. The Labute approximate surface area is 183 Å². The molecular formula is C24H30N2O5. The van der Waals surface area contributed by atoms with E-state index in [0.717, 1.165) is 16.9 Å². The Kier molecular flexibility index (Phi) is 7.39. The van der Waals surface area contributed by atoms with Crippen LogP contribution in [0.5, 0.6) is 17.2 Å². The molecule has 2 aromatic rings. The first-order valence-electron chi connectivity index (χ1n) is 10.4. The maximum atomic E-state index is 13.1. The van der Waals surface area contributed by atoms with Crippen molar-refractivity contribution in [3.63, 3.8) is 0 Å². The Morgan fingerprint density at radius 1 is 0.968 bits per heavy atom. The lowest BCUT2D eigenvalue weighted by Crippen LogP contribution is -2.47. The molecule has 31 heavy (non-hydrogen) atoms. The number of amides is 2. The summed E-state index contributed by atoms with van der Waals surface area (Å²) in [5.41, 5.74) is 2.59. The summed E-state index contributed by atoms with van der Waals surface area (Å²) in [6, 6.07) is 11.1. The third kappa shape index (κ3) is 5.29. The van der Waals surface area contributed by atoms with E-state index < -0.39 is 0 Å². The van der Waals surface area contributed by atoms with Gasteiger partial charge in [-0.25, -0.2) is 0 Å². The van der Waals surface area contributed by atoms with Crippen LogP contribution >= 0.6 is 0 Å². The summed E-state index contributed by atoms with van der Waals surface area (Å²) in [6.45, 7) is 5.05. The van der Waals surface area contributed by atoms with Crippen LogP contribution in [0.3, 0.4) is 0 Å². The highest BCUT2D eigenvalue weighted by Gasteiger charge is 2.28. The number of rotatable bonds is 7. The molecular weight excluding hydrogens is 396 g/mol. The molecule has 7 heteroatoms. The third-order valence-corrected chi connectivity index (χ3v) is 5.70. The number of benzene rings is 2. The largest absolute Gasteiger partial charge is 0.496 e. The summed E-state index contributed by atoms with van der Waals surface area (Å²) in [7, 11) is 3.07. The lowest BCUT2D eigenvalue weighted by atomic mass is 10.0. The highest BCUT2D eigenvalue weighted by Crippen LogP contribution is 2.30. The minimum absolute atomic E-state index is 0.0123. The van der Waals surface area contributed by atoms with E-state index in [0.29, 0.717) is 43.0 Å². The molecule has 0 aromatic heterocycles. The second kappa shape index (κ2) is 10.2. The van der Waals surface area contributed by atoms with Gasteiger partial charge in [0.05, 0.1) is 14.2 Å². The van der Waals surface area contributed by atoms with Crippen LogP contribution < -0.4 is 19.5 Å². The highest BCUT2D eigenvalue weighted by molar-refractivity contribution is 5.99. The Bertz CT molecular complexity index is 913.